The standard InChI is InChI=1S/C28H31ClFN5O2/c1-17(2)3-9-21(30)15-32-28(36)33-22-10-4-18(5-11-22)24-14-6-19(26-25(24)27(31)35-34-26)16-37-23-12-7-20(29)8-13-23/h4-8,10-14,17,21H,3,9,15-16H2,1-2H3,(H3,31,34,35)(H2,32,33,36). The highest BCUT2D eigenvalue weighted by atomic mass is 35.5. The van der Waals surface area contributed by atoms with Crippen molar-refractivity contribution in [1.82, 2.24) is 15.5 Å². The average molecular weight is 524 g/mol. The number of nitrogens with one attached hydrogen (secondary N) is 3. The zero-order valence-electron chi connectivity index (χ0n) is 20.9. The van der Waals surface area contributed by atoms with Crippen LogP contribution in [0.25, 0.3) is 22.0 Å². The molecular formula is C28H31ClFN5O2. The van der Waals surface area contributed by atoms with Crippen molar-refractivity contribution in [3.63, 3.8) is 0 Å². The Labute approximate surface area is 220 Å². The molecule has 0 radical (unpaired) electrons. The monoisotopic (exact) mass is 523 g/mol. The van der Waals surface area contributed by atoms with E-state index < -0.39 is 12.2 Å². The highest BCUT2D eigenvalue weighted by Crippen LogP contribution is 2.34. The molecule has 3 aromatic carbocycles. The SMILES string of the molecule is CC(C)CCC(F)CNC(=O)Nc1ccc(-c2ccc(COc3ccc(Cl)cc3)c3[nH]nc(N)c23)cc1. The number of halogens is 2. The molecule has 0 aliphatic heterocycles. The third-order valence-corrected chi connectivity index (χ3v) is 6.29. The van der Waals surface area contributed by atoms with E-state index in [1.54, 1.807) is 24.3 Å². The van der Waals surface area contributed by atoms with E-state index in [2.05, 4.69) is 20.8 Å². The maximum Gasteiger partial charge on any atom is 0.319 e. The fraction of sp³-hybridized carbons (Fsp3) is 0.286. The molecule has 0 fully saturated rings. The lowest BCUT2D eigenvalue weighted by molar-refractivity contribution is 0.241. The molecule has 0 spiro atoms. The number of hydrogen-bond acceptors (Lipinski definition) is 4. The number of nitrogen functional groups attached to an aromatic ring is 1. The number of carbonyl (C=O) groups excluding carboxylic acids is 1. The number of anilines is 2. The number of nitrogens with zero attached hydrogens (tertiary/aromatic N) is 1. The van der Waals surface area contributed by atoms with Gasteiger partial charge in [0.2, 0.25) is 0 Å². The molecule has 7 nitrogen and oxygen atoms in total. The van der Waals surface area contributed by atoms with Crippen LogP contribution in [0.15, 0.2) is 60.7 Å². The number of nitrogens with two attached hydrogens (primary N) is 1. The van der Waals surface area contributed by atoms with E-state index in [0.717, 1.165) is 34.0 Å². The summed E-state index contributed by atoms with van der Waals surface area (Å²) < 4.78 is 19.8. The summed E-state index contributed by atoms with van der Waals surface area (Å²) in [6.45, 7) is 4.42. The number of ether oxygens (including phenoxy) is 1. The minimum absolute atomic E-state index is 0.0114. The Balaban J connectivity index is 1.42. The number of benzene rings is 3. The predicted octanol–water partition coefficient (Wildman–Crippen LogP) is 6.94. The van der Waals surface area contributed by atoms with Crippen LogP contribution >= 0.6 is 11.6 Å². The second-order valence-corrected chi connectivity index (χ2v) is 9.79. The minimum atomic E-state index is -1.06. The molecule has 5 N–H and O–H groups in total. The Bertz CT molecular complexity index is 1340. The van der Waals surface area contributed by atoms with Crippen LogP contribution in [0.2, 0.25) is 5.02 Å². The van der Waals surface area contributed by atoms with Crippen molar-refractivity contribution in [1.29, 1.82) is 0 Å². The van der Waals surface area contributed by atoms with Crippen molar-refractivity contribution in [2.24, 2.45) is 5.92 Å². The van der Waals surface area contributed by atoms with Gasteiger partial charge in [-0.3, -0.25) is 5.10 Å². The first-order valence-electron chi connectivity index (χ1n) is 12.2. The number of urea groups is 1. The second-order valence-electron chi connectivity index (χ2n) is 9.35. The number of hydrogen-bond donors (Lipinski definition) is 4. The van der Waals surface area contributed by atoms with Crippen molar-refractivity contribution in [3.8, 4) is 16.9 Å². The summed E-state index contributed by atoms with van der Waals surface area (Å²) in [5, 5.41) is 14.0. The molecule has 0 aliphatic carbocycles. The Morgan fingerprint density at radius 2 is 1.81 bits per heavy atom. The quantitative estimate of drug-likeness (QED) is 0.181. The van der Waals surface area contributed by atoms with Crippen molar-refractivity contribution in [2.45, 2.75) is 39.5 Å². The molecule has 9 heteroatoms. The molecule has 37 heavy (non-hydrogen) atoms. The summed E-state index contributed by atoms with van der Waals surface area (Å²) in [5.41, 5.74) is 10.3. The fourth-order valence-electron chi connectivity index (χ4n) is 3.99. The molecule has 1 heterocycles. The van der Waals surface area contributed by atoms with Crippen molar-refractivity contribution >= 4 is 40.0 Å². The summed E-state index contributed by atoms with van der Waals surface area (Å²) in [6.07, 6.45) is 0.166. The predicted molar refractivity (Wildman–Crippen MR) is 148 cm³/mol. The molecular weight excluding hydrogens is 493 g/mol. The van der Waals surface area contributed by atoms with E-state index in [-0.39, 0.29) is 6.54 Å². The summed E-state index contributed by atoms with van der Waals surface area (Å²) >= 11 is 5.94. The largest absolute Gasteiger partial charge is 0.489 e. The van der Waals surface area contributed by atoms with Gasteiger partial charge in [0.1, 0.15) is 18.5 Å². The second kappa shape index (κ2) is 12.0. The van der Waals surface area contributed by atoms with Crippen molar-refractivity contribution < 1.29 is 13.9 Å². The van der Waals surface area contributed by atoms with E-state index in [4.69, 9.17) is 22.1 Å². The van der Waals surface area contributed by atoms with Crippen LogP contribution in [-0.2, 0) is 6.61 Å². The first-order chi connectivity index (χ1) is 17.8. The Hall–Kier alpha value is -3.78. The van der Waals surface area contributed by atoms with Crippen LogP contribution in [0, 0.1) is 5.92 Å². The number of H-pyrrole nitrogens is 1. The third-order valence-electron chi connectivity index (χ3n) is 6.04. The zero-order valence-corrected chi connectivity index (χ0v) is 21.6. The van der Waals surface area contributed by atoms with Crippen molar-refractivity contribution in [2.75, 3.05) is 17.6 Å². The first-order valence-corrected chi connectivity index (χ1v) is 12.6. The van der Waals surface area contributed by atoms with Gasteiger partial charge in [-0.1, -0.05) is 49.7 Å². The van der Waals surface area contributed by atoms with E-state index in [0.29, 0.717) is 41.2 Å². The molecule has 4 aromatic rings. The van der Waals surface area contributed by atoms with Crippen LogP contribution in [0.1, 0.15) is 32.3 Å². The maximum absolute atomic E-state index is 13.9. The summed E-state index contributed by atoms with van der Waals surface area (Å²) in [5.74, 6) is 1.53. The van der Waals surface area contributed by atoms with Gasteiger partial charge in [-0.15, -0.1) is 0 Å². The summed E-state index contributed by atoms with van der Waals surface area (Å²) in [4.78, 5) is 12.2. The molecule has 4 rings (SSSR count). The zero-order chi connectivity index (χ0) is 26.4. The smallest absolute Gasteiger partial charge is 0.319 e. The first kappa shape index (κ1) is 26.3. The van der Waals surface area contributed by atoms with E-state index in [1.807, 2.05) is 50.2 Å². The molecule has 1 aromatic heterocycles. The number of fused-ring (bicyclic) bond motifs is 1. The van der Waals surface area contributed by atoms with Gasteiger partial charge in [0.25, 0.3) is 0 Å². The third kappa shape index (κ3) is 6.92. The van der Waals surface area contributed by atoms with Gasteiger partial charge in [-0.05, 0) is 66.3 Å². The van der Waals surface area contributed by atoms with Gasteiger partial charge in [-0.25, -0.2) is 9.18 Å². The molecule has 0 saturated heterocycles. The van der Waals surface area contributed by atoms with Crippen LogP contribution in [0.3, 0.4) is 0 Å². The Kier molecular flexibility index (Phi) is 8.50. The lowest BCUT2D eigenvalue weighted by Crippen LogP contribution is -2.33. The summed E-state index contributed by atoms with van der Waals surface area (Å²) in [7, 11) is 0. The number of aromatic nitrogens is 2. The van der Waals surface area contributed by atoms with Crippen LogP contribution in [-0.4, -0.2) is 28.9 Å². The number of alkyl halides is 1. The van der Waals surface area contributed by atoms with Crippen LogP contribution in [0.4, 0.5) is 20.7 Å². The van der Waals surface area contributed by atoms with E-state index in [1.165, 1.54) is 0 Å². The molecule has 0 aliphatic rings. The molecule has 0 saturated carbocycles. The topological polar surface area (TPSA) is 105 Å². The number of rotatable bonds is 10. The van der Waals surface area contributed by atoms with Gasteiger partial charge in [0.15, 0.2) is 5.82 Å². The Morgan fingerprint density at radius 1 is 1.08 bits per heavy atom. The highest BCUT2D eigenvalue weighted by molar-refractivity contribution is 6.30. The number of aromatic amines is 1. The van der Waals surface area contributed by atoms with Crippen LogP contribution < -0.4 is 21.1 Å². The molecule has 194 valence electrons. The highest BCUT2D eigenvalue weighted by Gasteiger charge is 2.15. The van der Waals surface area contributed by atoms with Crippen molar-refractivity contribution in [3.05, 3.63) is 71.2 Å². The molecule has 1 unspecified atom stereocenters. The normalized spacial score (nSPS) is 12.0. The maximum atomic E-state index is 13.9. The molecule has 2 amide bonds. The van der Waals surface area contributed by atoms with E-state index in [9.17, 15) is 9.18 Å². The van der Waals surface area contributed by atoms with Gasteiger partial charge in [0, 0.05) is 16.3 Å². The summed E-state index contributed by atoms with van der Waals surface area (Å²) in [6, 6.07) is 18.0. The lowest BCUT2D eigenvalue weighted by atomic mass is 9.98. The van der Waals surface area contributed by atoms with Gasteiger partial charge >= 0.3 is 6.03 Å². The minimum Gasteiger partial charge on any atom is -0.489 e. The van der Waals surface area contributed by atoms with E-state index >= 15 is 0 Å². The number of carbonyl (C=O) groups is 1. The Morgan fingerprint density at radius 3 is 2.51 bits per heavy atom. The van der Waals surface area contributed by atoms with Gasteiger partial charge in [0.05, 0.1) is 17.4 Å². The molecule has 1 atom stereocenters. The lowest BCUT2D eigenvalue weighted by Gasteiger charge is -2.13. The van der Waals surface area contributed by atoms with Crippen LogP contribution in [0.5, 0.6) is 5.75 Å². The molecule has 0 bridgehead atoms. The number of amides is 2. The average Bonchev–Trinajstić information content (AvgIpc) is 3.28. The van der Waals surface area contributed by atoms with Gasteiger partial charge < -0.3 is 21.1 Å². The van der Waals surface area contributed by atoms with Gasteiger partial charge in [-0.2, -0.15) is 5.10 Å². The fourth-order valence-corrected chi connectivity index (χ4v) is 4.12.